The van der Waals surface area contributed by atoms with Crippen LogP contribution < -0.4 is 11.1 Å². The number of nitrogens with two attached hydrogens (primary N) is 1. The summed E-state index contributed by atoms with van der Waals surface area (Å²) in [6.07, 6.45) is -0.674. The van der Waals surface area contributed by atoms with Crippen molar-refractivity contribution in [2.45, 2.75) is 25.6 Å². The van der Waals surface area contributed by atoms with E-state index in [-0.39, 0.29) is 5.91 Å². The average molecular weight is 158 g/mol. The van der Waals surface area contributed by atoms with Crippen LogP contribution in [-0.2, 0) is 14.3 Å². The van der Waals surface area contributed by atoms with Crippen LogP contribution in [0.1, 0.15) is 13.8 Å². The van der Waals surface area contributed by atoms with Crippen molar-refractivity contribution in [3.63, 3.8) is 0 Å². The monoisotopic (exact) mass is 158 g/mol. The number of rotatable bonds is 1. The van der Waals surface area contributed by atoms with Crippen LogP contribution in [0.15, 0.2) is 0 Å². The fourth-order valence-electron chi connectivity index (χ4n) is 0.784. The van der Waals surface area contributed by atoms with Crippen molar-refractivity contribution in [1.29, 1.82) is 0 Å². The molecule has 1 heterocycles. The van der Waals surface area contributed by atoms with E-state index in [2.05, 4.69) is 10.1 Å². The summed E-state index contributed by atoms with van der Waals surface area (Å²) in [6.45, 7) is 2.78. The molecule has 0 aromatic heterocycles. The van der Waals surface area contributed by atoms with Crippen LogP contribution >= 0.6 is 0 Å². The van der Waals surface area contributed by atoms with Crippen LogP contribution in [0.2, 0.25) is 0 Å². The molecule has 0 aliphatic carbocycles. The van der Waals surface area contributed by atoms with E-state index in [1.807, 2.05) is 0 Å². The molecule has 2 atom stereocenters. The molecule has 0 saturated carbocycles. The first-order chi connectivity index (χ1) is 4.94. The SMILES string of the molecule is CC(=O)O[C@H]1NC(=O)[C@]1(C)N. The smallest absolute Gasteiger partial charge is 0.304 e. The molecule has 5 heteroatoms. The van der Waals surface area contributed by atoms with Crippen LogP contribution in [0.25, 0.3) is 0 Å². The molecule has 62 valence electrons. The molecule has 0 radical (unpaired) electrons. The van der Waals surface area contributed by atoms with E-state index in [0.717, 1.165) is 0 Å². The average Bonchev–Trinajstić information content (AvgIpc) is 1.87. The summed E-state index contributed by atoms with van der Waals surface area (Å²) < 4.78 is 4.68. The molecule has 0 aromatic carbocycles. The number of nitrogens with one attached hydrogen (secondary N) is 1. The van der Waals surface area contributed by atoms with Crippen LogP contribution in [0.5, 0.6) is 0 Å². The third-order valence-corrected chi connectivity index (χ3v) is 1.58. The highest BCUT2D eigenvalue weighted by molar-refractivity contribution is 5.93. The Morgan fingerprint density at radius 3 is 2.64 bits per heavy atom. The lowest BCUT2D eigenvalue weighted by Gasteiger charge is -2.41. The van der Waals surface area contributed by atoms with E-state index >= 15 is 0 Å². The van der Waals surface area contributed by atoms with Gasteiger partial charge in [0, 0.05) is 6.92 Å². The molecule has 5 nitrogen and oxygen atoms in total. The Labute approximate surface area is 63.9 Å². The van der Waals surface area contributed by atoms with Gasteiger partial charge in [0.15, 0.2) is 0 Å². The zero-order valence-corrected chi connectivity index (χ0v) is 6.38. The highest BCUT2D eigenvalue weighted by atomic mass is 16.6. The molecule has 0 spiro atoms. The maximum absolute atomic E-state index is 10.7. The lowest BCUT2D eigenvalue weighted by molar-refractivity contribution is -0.168. The fraction of sp³-hybridized carbons (Fsp3) is 0.667. The van der Waals surface area contributed by atoms with Crippen LogP contribution in [0.3, 0.4) is 0 Å². The Morgan fingerprint density at radius 1 is 1.82 bits per heavy atom. The van der Waals surface area contributed by atoms with Gasteiger partial charge in [-0.05, 0) is 6.92 Å². The van der Waals surface area contributed by atoms with E-state index < -0.39 is 17.7 Å². The zero-order valence-electron chi connectivity index (χ0n) is 6.38. The van der Waals surface area contributed by atoms with Crippen molar-refractivity contribution in [3.8, 4) is 0 Å². The summed E-state index contributed by atoms with van der Waals surface area (Å²) in [5.74, 6) is -0.754. The van der Waals surface area contributed by atoms with Gasteiger partial charge in [-0.15, -0.1) is 0 Å². The van der Waals surface area contributed by atoms with Crippen molar-refractivity contribution in [2.24, 2.45) is 5.73 Å². The molecule has 3 N–H and O–H groups in total. The molecular formula is C6H10N2O3. The molecule has 1 rings (SSSR count). The number of ether oxygens (including phenoxy) is 1. The molecule has 1 aliphatic heterocycles. The maximum atomic E-state index is 10.7. The molecule has 1 aliphatic rings. The molecule has 1 amide bonds. The van der Waals surface area contributed by atoms with Gasteiger partial charge in [-0.25, -0.2) is 0 Å². The first kappa shape index (κ1) is 8.00. The van der Waals surface area contributed by atoms with Crippen LogP contribution in [-0.4, -0.2) is 23.6 Å². The standard InChI is InChI=1S/C6H10N2O3/c1-3(9)11-5-6(2,7)4(10)8-5/h5H,7H2,1-2H3,(H,8,10)/t5-,6+/m1/s1. The Morgan fingerprint density at radius 2 is 2.36 bits per heavy atom. The molecule has 1 fully saturated rings. The number of esters is 1. The van der Waals surface area contributed by atoms with Gasteiger partial charge in [-0.1, -0.05) is 0 Å². The molecule has 11 heavy (non-hydrogen) atoms. The Hall–Kier alpha value is -1.10. The number of β-lactam (4-membered cyclic amide) rings is 1. The second-order valence-corrected chi connectivity index (χ2v) is 2.75. The molecule has 1 saturated heterocycles. The van der Waals surface area contributed by atoms with Gasteiger partial charge in [0.25, 0.3) is 0 Å². The summed E-state index contributed by atoms with van der Waals surface area (Å²) in [4.78, 5) is 21.1. The summed E-state index contributed by atoms with van der Waals surface area (Å²) in [7, 11) is 0. The summed E-state index contributed by atoms with van der Waals surface area (Å²) >= 11 is 0. The quantitative estimate of drug-likeness (QED) is 0.368. The number of amides is 1. The maximum Gasteiger partial charge on any atom is 0.304 e. The molecule has 0 bridgehead atoms. The summed E-state index contributed by atoms with van der Waals surface area (Å²) in [5.41, 5.74) is 4.40. The van der Waals surface area contributed by atoms with Crippen LogP contribution in [0, 0.1) is 0 Å². The van der Waals surface area contributed by atoms with Crippen molar-refractivity contribution in [1.82, 2.24) is 5.32 Å². The minimum Gasteiger partial charge on any atom is -0.439 e. The third-order valence-electron chi connectivity index (χ3n) is 1.58. The topological polar surface area (TPSA) is 81.4 Å². The first-order valence-corrected chi connectivity index (χ1v) is 3.21. The summed E-state index contributed by atoms with van der Waals surface area (Å²) in [6, 6.07) is 0. The van der Waals surface area contributed by atoms with Gasteiger partial charge in [-0.3, -0.25) is 9.59 Å². The van der Waals surface area contributed by atoms with E-state index in [9.17, 15) is 9.59 Å². The van der Waals surface area contributed by atoms with Crippen molar-refractivity contribution >= 4 is 11.9 Å². The minimum atomic E-state index is -1.06. The first-order valence-electron chi connectivity index (χ1n) is 3.21. The lowest BCUT2D eigenvalue weighted by atomic mass is 9.92. The van der Waals surface area contributed by atoms with Gasteiger partial charge in [0.1, 0.15) is 5.54 Å². The van der Waals surface area contributed by atoms with Crippen molar-refractivity contribution in [3.05, 3.63) is 0 Å². The Kier molecular flexibility index (Phi) is 1.60. The molecule has 0 aromatic rings. The largest absolute Gasteiger partial charge is 0.439 e. The molecule has 0 unspecified atom stereocenters. The van der Waals surface area contributed by atoms with Crippen molar-refractivity contribution < 1.29 is 14.3 Å². The van der Waals surface area contributed by atoms with E-state index in [4.69, 9.17) is 5.73 Å². The Bertz CT molecular complexity index is 212. The van der Waals surface area contributed by atoms with E-state index in [1.54, 1.807) is 0 Å². The van der Waals surface area contributed by atoms with Crippen molar-refractivity contribution in [2.75, 3.05) is 0 Å². The highest BCUT2D eigenvalue weighted by Gasteiger charge is 2.50. The third kappa shape index (κ3) is 1.19. The zero-order chi connectivity index (χ0) is 8.65. The number of carbonyl (C=O) groups is 2. The van der Waals surface area contributed by atoms with Gasteiger partial charge in [0.2, 0.25) is 12.1 Å². The normalized spacial score (nSPS) is 35.5. The van der Waals surface area contributed by atoms with Gasteiger partial charge < -0.3 is 15.8 Å². The predicted molar refractivity (Wildman–Crippen MR) is 36.3 cm³/mol. The minimum absolute atomic E-state index is 0.302. The van der Waals surface area contributed by atoms with E-state index in [0.29, 0.717) is 0 Å². The number of hydrogen-bond donors (Lipinski definition) is 2. The van der Waals surface area contributed by atoms with Gasteiger partial charge in [0.05, 0.1) is 0 Å². The highest BCUT2D eigenvalue weighted by Crippen LogP contribution is 2.17. The fourth-order valence-corrected chi connectivity index (χ4v) is 0.784. The predicted octanol–water partition coefficient (Wildman–Crippen LogP) is -1.28. The summed E-state index contributed by atoms with van der Waals surface area (Å²) in [5, 5.41) is 2.36. The number of hydrogen-bond acceptors (Lipinski definition) is 4. The lowest BCUT2D eigenvalue weighted by Crippen LogP contribution is -2.76. The van der Waals surface area contributed by atoms with Gasteiger partial charge in [-0.2, -0.15) is 0 Å². The van der Waals surface area contributed by atoms with E-state index in [1.165, 1.54) is 13.8 Å². The second-order valence-electron chi connectivity index (χ2n) is 2.75. The Balaban J connectivity index is 2.53. The second kappa shape index (κ2) is 2.20. The number of carbonyl (C=O) groups excluding carboxylic acids is 2. The molecular weight excluding hydrogens is 148 g/mol. The van der Waals surface area contributed by atoms with Crippen LogP contribution in [0.4, 0.5) is 0 Å². The van der Waals surface area contributed by atoms with Gasteiger partial charge >= 0.3 is 5.97 Å².